The van der Waals surface area contributed by atoms with Gasteiger partial charge in [0.05, 0.1) is 0 Å². The zero-order valence-electron chi connectivity index (χ0n) is 31.5. The van der Waals surface area contributed by atoms with Crippen molar-refractivity contribution in [1.82, 2.24) is 34.6 Å². The van der Waals surface area contributed by atoms with Crippen LogP contribution in [0.25, 0.3) is 11.0 Å². The first-order valence-electron chi connectivity index (χ1n) is 19.7. The Morgan fingerprint density at radius 3 is 2.17 bits per heavy atom. The number of fused-ring (bicyclic) bond motifs is 1. The number of likely N-dealkylation sites (tertiary alicyclic amines) is 1. The summed E-state index contributed by atoms with van der Waals surface area (Å²) in [6.07, 6.45) is 8.92. The lowest BCUT2D eigenvalue weighted by molar-refractivity contribution is -0.120. The van der Waals surface area contributed by atoms with Crippen molar-refractivity contribution < 1.29 is 14.4 Å². The van der Waals surface area contributed by atoms with E-state index < -0.39 is 0 Å². The van der Waals surface area contributed by atoms with Gasteiger partial charge in [-0.25, -0.2) is 9.78 Å². The number of imide groups is 1. The third-order valence-corrected chi connectivity index (χ3v) is 11.8. The Morgan fingerprint density at radius 2 is 1.50 bits per heavy atom. The molecule has 54 heavy (non-hydrogen) atoms. The van der Waals surface area contributed by atoms with Crippen molar-refractivity contribution >= 4 is 51.9 Å². The number of amides is 4. The Morgan fingerprint density at radius 1 is 0.833 bits per heavy atom. The zero-order chi connectivity index (χ0) is 37.2. The fourth-order valence-electron chi connectivity index (χ4n) is 8.62. The molecule has 0 atom stereocenters. The van der Waals surface area contributed by atoms with Crippen LogP contribution in [0.1, 0.15) is 73.0 Å². The highest BCUT2D eigenvalue weighted by Crippen LogP contribution is 2.35. The van der Waals surface area contributed by atoms with Gasteiger partial charge in [0.1, 0.15) is 11.3 Å². The molecule has 1 aliphatic carbocycles. The predicted octanol–water partition coefficient (Wildman–Crippen LogP) is 5.44. The molecular formula is C41H52N10O3. The van der Waals surface area contributed by atoms with E-state index in [1.807, 2.05) is 24.4 Å². The first-order chi connectivity index (χ1) is 26.3. The molecule has 2 N–H and O–H groups in total. The topological polar surface area (TPSA) is 122 Å². The van der Waals surface area contributed by atoms with Crippen LogP contribution in [-0.2, 0) is 4.79 Å². The smallest absolute Gasteiger partial charge is 0.328 e. The number of benzene rings is 2. The largest absolute Gasteiger partial charge is 0.369 e. The van der Waals surface area contributed by atoms with Crippen LogP contribution in [0.3, 0.4) is 0 Å². The van der Waals surface area contributed by atoms with E-state index >= 15 is 0 Å². The minimum atomic E-state index is -0.335. The second-order valence-electron chi connectivity index (χ2n) is 15.5. The molecule has 1 saturated carbocycles. The first kappa shape index (κ1) is 36.0. The predicted molar refractivity (Wildman–Crippen MR) is 212 cm³/mol. The molecule has 4 aromatic rings. The summed E-state index contributed by atoms with van der Waals surface area (Å²) in [5, 5.41) is 6.70. The van der Waals surface area contributed by atoms with E-state index in [0.717, 1.165) is 100 Å². The van der Waals surface area contributed by atoms with Crippen molar-refractivity contribution in [1.29, 1.82) is 0 Å². The van der Waals surface area contributed by atoms with Gasteiger partial charge in [0, 0.05) is 101 Å². The summed E-state index contributed by atoms with van der Waals surface area (Å²) < 4.78 is 2.15. The number of hydrogen-bond donors (Lipinski definition) is 2. The van der Waals surface area contributed by atoms with Gasteiger partial charge >= 0.3 is 6.03 Å². The van der Waals surface area contributed by atoms with Crippen molar-refractivity contribution in [3.63, 3.8) is 0 Å². The molecule has 3 saturated heterocycles. The Balaban J connectivity index is 0.792. The van der Waals surface area contributed by atoms with E-state index in [-0.39, 0.29) is 23.9 Å². The van der Waals surface area contributed by atoms with Crippen molar-refractivity contribution in [2.75, 3.05) is 88.1 Å². The fourth-order valence-corrected chi connectivity index (χ4v) is 8.62. The van der Waals surface area contributed by atoms with E-state index in [1.165, 1.54) is 24.1 Å². The number of aromatic nitrogens is 3. The maximum atomic E-state index is 13.1. The summed E-state index contributed by atoms with van der Waals surface area (Å²) in [5.41, 5.74) is 5.84. The molecule has 284 valence electrons. The van der Waals surface area contributed by atoms with Gasteiger partial charge in [-0.1, -0.05) is 25.0 Å². The molecule has 13 nitrogen and oxygen atoms in total. The number of nitrogens with one attached hydrogen (secondary N) is 2. The number of urea groups is 1. The molecule has 2 aromatic carbocycles. The standard InChI is InChI=1S/C41H52N10O3/c1-46(2)39(53)36-27-31-28-42-40(45-38(31)51(36)35-5-3-4-6-35)43-32-9-13-33(14-10-32)49-25-23-48(24-26-49)22-21-47-18-15-30(16-19-47)29-7-11-34(12-8-29)50-20-17-37(52)44-41(50)54/h7-14,27-28,30,35H,3-6,15-26H2,1-2H3,(H,42,43,45)(H,44,52,54). The average molecular weight is 733 g/mol. The van der Waals surface area contributed by atoms with Crippen molar-refractivity contribution in [2.45, 2.75) is 56.9 Å². The lowest BCUT2D eigenvalue weighted by atomic mass is 9.89. The number of carbonyl (C=O) groups is 3. The Hall–Kier alpha value is -5.01. The van der Waals surface area contributed by atoms with Crippen LogP contribution in [0.5, 0.6) is 0 Å². The fraction of sp³-hybridized carbons (Fsp3) is 0.488. The number of nitrogens with zero attached hydrogens (tertiary/aromatic N) is 8. The Labute approximate surface area is 317 Å². The second kappa shape index (κ2) is 15.8. The molecule has 4 aliphatic rings. The van der Waals surface area contributed by atoms with Gasteiger partial charge in [-0.15, -0.1) is 0 Å². The maximum absolute atomic E-state index is 13.1. The van der Waals surface area contributed by atoms with Crippen LogP contribution in [0.2, 0.25) is 0 Å². The Bertz CT molecular complexity index is 1960. The highest BCUT2D eigenvalue weighted by molar-refractivity contribution is 6.05. The monoisotopic (exact) mass is 732 g/mol. The SMILES string of the molecule is CN(C)C(=O)c1cc2cnc(Nc3ccc(N4CCN(CCN5CCC(c6ccc(N7CCC(=O)NC7=O)cc6)CC5)CC4)cc3)nc2n1C1CCCC1. The minimum absolute atomic E-state index is 0.00400. The molecule has 0 unspecified atom stereocenters. The molecule has 0 bridgehead atoms. The molecule has 4 fully saturated rings. The lowest BCUT2D eigenvalue weighted by Crippen LogP contribution is -2.49. The second-order valence-corrected chi connectivity index (χ2v) is 15.5. The van der Waals surface area contributed by atoms with Crippen molar-refractivity contribution in [3.8, 4) is 0 Å². The minimum Gasteiger partial charge on any atom is -0.369 e. The van der Waals surface area contributed by atoms with Gasteiger partial charge in [-0.2, -0.15) is 4.98 Å². The molecular weight excluding hydrogens is 681 g/mol. The molecule has 4 amide bonds. The molecule has 2 aromatic heterocycles. The number of carbonyl (C=O) groups excluding carboxylic acids is 3. The van der Waals surface area contributed by atoms with Crippen LogP contribution < -0.4 is 20.4 Å². The number of piperidine rings is 1. The summed E-state index contributed by atoms with van der Waals surface area (Å²) in [6, 6.07) is 18.8. The third-order valence-electron chi connectivity index (χ3n) is 11.8. The van der Waals surface area contributed by atoms with E-state index in [4.69, 9.17) is 4.98 Å². The number of piperazine rings is 1. The summed E-state index contributed by atoms with van der Waals surface area (Å²) in [5.74, 6) is 0.861. The summed E-state index contributed by atoms with van der Waals surface area (Å²) in [7, 11) is 3.59. The summed E-state index contributed by atoms with van der Waals surface area (Å²) in [6.45, 7) is 8.95. The van der Waals surface area contributed by atoms with Crippen LogP contribution in [0.15, 0.2) is 60.8 Å². The van der Waals surface area contributed by atoms with E-state index in [1.54, 1.807) is 23.9 Å². The first-order valence-corrected chi connectivity index (χ1v) is 19.7. The summed E-state index contributed by atoms with van der Waals surface area (Å²) in [4.78, 5) is 57.2. The van der Waals surface area contributed by atoms with Crippen LogP contribution in [0.4, 0.5) is 27.8 Å². The van der Waals surface area contributed by atoms with Gasteiger partial charge in [0.25, 0.3) is 5.91 Å². The molecule has 0 radical (unpaired) electrons. The van der Waals surface area contributed by atoms with Crippen molar-refractivity contribution in [3.05, 3.63) is 72.1 Å². The van der Waals surface area contributed by atoms with Crippen LogP contribution >= 0.6 is 0 Å². The van der Waals surface area contributed by atoms with Crippen molar-refractivity contribution in [2.24, 2.45) is 0 Å². The number of hydrogen-bond acceptors (Lipinski definition) is 9. The van der Waals surface area contributed by atoms with E-state index in [9.17, 15) is 14.4 Å². The summed E-state index contributed by atoms with van der Waals surface area (Å²) >= 11 is 0. The number of rotatable bonds is 10. The van der Waals surface area contributed by atoms with Crippen LogP contribution in [0, 0.1) is 0 Å². The normalized spacial score (nSPS) is 19.4. The maximum Gasteiger partial charge on any atom is 0.328 e. The highest BCUT2D eigenvalue weighted by Gasteiger charge is 2.28. The number of anilines is 4. The molecule has 0 spiro atoms. The van der Waals surface area contributed by atoms with Gasteiger partial charge in [0.15, 0.2) is 0 Å². The highest BCUT2D eigenvalue weighted by atomic mass is 16.2. The zero-order valence-corrected chi connectivity index (χ0v) is 31.5. The lowest BCUT2D eigenvalue weighted by Gasteiger charge is -2.38. The van der Waals surface area contributed by atoms with Gasteiger partial charge < -0.3 is 24.6 Å². The molecule has 3 aliphatic heterocycles. The molecule has 5 heterocycles. The van der Waals surface area contributed by atoms with Gasteiger partial charge in [-0.3, -0.25) is 24.7 Å². The van der Waals surface area contributed by atoms with E-state index in [2.05, 4.69) is 71.3 Å². The third kappa shape index (κ3) is 7.78. The Kier molecular flexibility index (Phi) is 10.5. The van der Waals surface area contributed by atoms with Crippen LogP contribution in [-0.4, -0.2) is 120 Å². The quantitative estimate of drug-likeness (QED) is 0.220. The van der Waals surface area contributed by atoms with Gasteiger partial charge in [0.2, 0.25) is 11.9 Å². The molecule has 13 heteroatoms. The average Bonchev–Trinajstić information content (AvgIpc) is 3.86. The van der Waals surface area contributed by atoms with E-state index in [0.29, 0.717) is 30.5 Å². The molecule has 8 rings (SSSR count). The van der Waals surface area contributed by atoms with Gasteiger partial charge in [-0.05, 0) is 92.7 Å².